The van der Waals surface area contributed by atoms with Gasteiger partial charge in [-0.2, -0.15) is 5.10 Å². The first-order chi connectivity index (χ1) is 15.8. The Morgan fingerprint density at radius 1 is 1.21 bits per heavy atom. The second kappa shape index (κ2) is 7.87. The highest BCUT2D eigenvalue weighted by atomic mass is 32.2. The Kier molecular flexibility index (Phi) is 5.11. The van der Waals surface area contributed by atoms with Gasteiger partial charge in [0.15, 0.2) is 21.5 Å². The summed E-state index contributed by atoms with van der Waals surface area (Å²) in [5, 5.41) is 13.0. The molecule has 0 radical (unpaired) electrons. The molecular weight excluding hydrogens is 449 g/mol. The van der Waals surface area contributed by atoms with Crippen molar-refractivity contribution in [2.45, 2.75) is 30.5 Å². The first kappa shape index (κ1) is 21.4. The zero-order chi connectivity index (χ0) is 23.1. The molecule has 1 aliphatic heterocycles. The van der Waals surface area contributed by atoms with E-state index in [2.05, 4.69) is 35.8 Å². The minimum Gasteiger partial charge on any atom is -0.372 e. The van der Waals surface area contributed by atoms with Crippen LogP contribution in [0.25, 0.3) is 11.5 Å². The predicted molar refractivity (Wildman–Crippen MR) is 118 cm³/mol. The molecule has 1 unspecified atom stereocenters. The highest BCUT2D eigenvalue weighted by molar-refractivity contribution is 7.91. The third-order valence-corrected chi connectivity index (χ3v) is 7.68. The van der Waals surface area contributed by atoms with Crippen LogP contribution in [0.15, 0.2) is 42.9 Å². The van der Waals surface area contributed by atoms with E-state index in [0.717, 1.165) is 0 Å². The van der Waals surface area contributed by atoms with Crippen molar-refractivity contribution in [3.05, 3.63) is 54.2 Å². The molecule has 1 aromatic carbocycles. The highest BCUT2D eigenvalue weighted by Crippen LogP contribution is 2.39. The number of H-pyrrole nitrogens is 1. The van der Waals surface area contributed by atoms with Crippen LogP contribution < -0.4 is 10.6 Å². The van der Waals surface area contributed by atoms with E-state index in [1.54, 1.807) is 36.5 Å². The minimum absolute atomic E-state index is 0.0116. The molecule has 1 saturated carbocycles. The molecule has 1 amide bonds. The summed E-state index contributed by atoms with van der Waals surface area (Å²) in [5.74, 6) is 0.106. The Morgan fingerprint density at radius 3 is 2.76 bits per heavy atom. The van der Waals surface area contributed by atoms with Gasteiger partial charge in [-0.05, 0) is 43.5 Å². The number of aromatic amines is 1. The van der Waals surface area contributed by atoms with Gasteiger partial charge in [-0.15, -0.1) is 0 Å². The molecule has 33 heavy (non-hydrogen) atoms. The van der Waals surface area contributed by atoms with Gasteiger partial charge >= 0.3 is 0 Å². The SMILES string of the molecule is O=C(NCC1(F)CC1)c1cccc(NC2(c3nc(-c4ccncn4)n[nH]3)CCS(=O)(=O)C2)c1. The molecule has 3 heterocycles. The fourth-order valence-corrected chi connectivity index (χ4v) is 5.78. The maximum Gasteiger partial charge on any atom is 0.251 e. The number of carbonyl (C=O) groups excluding carboxylic acids is 1. The number of amides is 1. The van der Waals surface area contributed by atoms with E-state index in [0.29, 0.717) is 41.4 Å². The first-order valence-corrected chi connectivity index (χ1v) is 12.3. The number of alkyl halides is 1. The molecule has 12 heteroatoms. The number of anilines is 1. The lowest BCUT2D eigenvalue weighted by Gasteiger charge is -2.28. The Balaban J connectivity index is 1.41. The zero-order valence-electron chi connectivity index (χ0n) is 17.6. The Labute approximate surface area is 189 Å². The molecule has 3 N–H and O–H groups in total. The van der Waals surface area contributed by atoms with Crippen LogP contribution in [0.5, 0.6) is 0 Å². The van der Waals surface area contributed by atoms with Crippen LogP contribution in [-0.2, 0) is 15.4 Å². The van der Waals surface area contributed by atoms with Crippen LogP contribution in [0.1, 0.15) is 35.4 Å². The molecule has 172 valence electrons. The normalized spacial score (nSPS) is 22.6. The Morgan fingerprint density at radius 2 is 2.06 bits per heavy atom. The van der Waals surface area contributed by atoms with Gasteiger partial charge in [0.2, 0.25) is 0 Å². The van der Waals surface area contributed by atoms with Gasteiger partial charge in [-0.25, -0.2) is 27.8 Å². The standard InChI is InChI=1S/C21H22FN7O3S/c22-20(5-6-20)11-24-18(30)14-2-1-3-15(10-14)27-21(7-9-33(31,32)12-21)19-26-17(28-29-19)16-4-8-23-13-25-16/h1-4,8,10,13,27H,5-7,9,11-12H2,(H,24,30)(H,26,28,29). The van der Waals surface area contributed by atoms with E-state index in [1.165, 1.54) is 6.33 Å². The molecule has 0 spiro atoms. The second-order valence-electron chi connectivity index (χ2n) is 8.57. The van der Waals surface area contributed by atoms with Gasteiger partial charge in [0.25, 0.3) is 5.91 Å². The van der Waals surface area contributed by atoms with Crippen LogP contribution >= 0.6 is 0 Å². The molecule has 0 bridgehead atoms. The lowest BCUT2D eigenvalue weighted by Crippen LogP contribution is -2.38. The fourth-order valence-electron chi connectivity index (χ4n) is 3.88. The smallest absolute Gasteiger partial charge is 0.251 e. The number of aromatic nitrogens is 5. The van der Waals surface area contributed by atoms with E-state index in [1.807, 2.05) is 0 Å². The maximum absolute atomic E-state index is 13.9. The van der Waals surface area contributed by atoms with Crippen LogP contribution in [0.4, 0.5) is 10.1 Å². The van der Waals surface area contributed by atoms with Gasteiger partial charge in [-0.3, -0.25) is 9.89 Å². The Bertz CT molecular complexity index is 1290. The van der Waals surface area contributed by atoms with Crippen molar-refractivity contribution < 1.29 is 17.6 Å². The zero-order valence-corrected chi connectivity index (χ0v) is 18.4. The molecule has 2 fully saturated rings. The highest BCUT2D eigenvalue weighted by Gasteiger charge is 2.46. The number of nitrogens with one attached hydrogen (secondary N) is 3. The van der Waals surface area contributed by atoms with E-state index in [9.17, 15) is 17.6 Å². The van der Waals surface area contributed by atoms with Crippen LogP contribution in [0.3, 0.4) is 0 Å². The number of hydrogen-bond acceptors (Lipinski definition) is 8. The van der Waals surface area contributed by atoms with Crippen molar-refractivity contribution in [1.82, 2.24) is 30.5 Å². The van der Waals surface area contributed by atoms with Crippen molar-refractivity contribution in [3.63, 3.8) is 0 Å². The molecule has 1 atom stereocenters. The largest absolute Gasteiger partial charge is 0.372 e. The monoisotopic (exact) mass is 471 g/mol. The van der Waals surface area contributed by atoms with E-state index < -0.39 is 21.0 Å². The van der Waals surface area contributed by atoms with Gasteiger partial charge in [0, 0.05) is 17.4 Å². The minimum atomic E-state index is -3.32. The summed E-state index contributed by atoms with van der Waals surface area (Å²) < 4.78 is 38.7. The molecule has 1 saturated heterocycles. The lowest BCUT2D eigenvalue weighted by molar-refractivity contribution is 0.0938. The van der Waals surface area contributed by atoms with Gasteiger partial charge in [-0.1, -0.05) is 6.07 Å². The van der Waals surface area contributed by atoms with Gasteiger partial charge in [0.1, 0.15) is 23.2 Å². The third-order valence-electron chi connectivity index (χ3n) is 5.92. The Hall–Kier alpha value is -3.41. The molecule has 3 aromatic rings. The number of hydrogen-bond donors (Lipinski definition) is 3. The van der Waals surface area contributed by atoms with Crippen molar-refractivity contribution >= 4 is 21.4 Å². The quantitative estimate of drug-likeness (QED) is 0.472. The summed E-state index contributed by atoms with van der Waals surface area (Å²) in [6.45, 7) is -0.0183. The number of halogens is 1. The number of carbonyl (C=O) groups is 1. The number of nitrogens with zero attached hydrogens (tertiary/aromatic N) is 4. The molecule has 1 aliphatic carbocycles. The topological polar surface area (TPSA) is 143 Å². The molecule has 2 aromatic heterocycles. The summed E-state index contributed by atoms with van der Waals surface area (Å²) in [5.41, 5.74) is -0.950. The summed E-state index contributed by atoms with van der Waals surface area (Å²) in [6.07, 6.45) is 4.13. The predicted octanol–water partition coefficient (Wildman–Crippen LogP) is 1.62. The maximum atomic E-state index is 13.9. The summed E-state index contributed by atoms with van der Waals surface area (Å²) in [6, 6.07) is 8.31. The average Bonchev–Trinajstić information content (AvgIpc) is 3.20. The summed E-state index contributed by atoms with van der Waals surface area (Å²) >= 11 is 0. The van der Waals surface area contributed by atoms with Crippen molar-refractivity contribution in [2.24, 2.45) is 0 Å². The molecular formula is C21H22FN7O3S. The lowest BCUT2D eigenvalue weighted by atomic mass is 9.97. The van der Waals surface area contributed by atoms with Crippen molar-refractivity contribution in [3.8, 4) is 11.5 Å². The third kappa shape index (κ3) is 4.56. The summed E-state index contributed by atoms with van der Waals surface area (Å²) in [4.78, 5) is 25.0. The number of sulfone groups is 1. The van der Waals surface area contributed by atoms with Crippen LogP contribution in [0.2, 0.25) is 0 Å². The fraction of sp³-hybridized carbons (Fsp3) is 0.381. The van der Waals surface area contributed by atoms with Gasteiger partial charge < -0.3 is 10.6 Å². The van der Waals surface area contributed by atoms with Crippen molar-refractivity contribution in [1.29, 1.82) is 0 Å². The summed E-state index contributed by atoms with van der Waals surface area (Å²) in [7, 11) is -3.32. The van der Waals surface area contributed by atoms with E-state index >= 15 is 0 Å². The van der Waals surface area contributed by atoms with E-state index in [-0.39, 0.29) is 30.4 Å². The molecule has 2 aliphatic rings. The first-order valence-electron chi connectivity index (χ1n) is 10.5. The van der Waals surface area contributed by atoms with Gasteiger partial charge in [0.05, 0.1) is 18.1 Å². The molecule has 10 nitrogen and oxygen atoms in total. The molecule has 5 rings (SSSR count). The number of benzene rings is 1. The second-order valence-corrected chi connectivity index (χ2v) is 10.7. The number of rotatable bonds is 7. The van der Waals surface area contributed by atoms with Crippen LogP contribution in [0, 0.1) is 0 Å². The van der Waals surface area contributed by atoms with Crippen LogP contribution in [-0.4, -0.2) is 63.2 Å². The van der Waals surface area contributed by atoms with E-state index in [4.69, 9.17) is 0 Å². The average molecular weight is 472 g/mol. The van der Waals surface area contributed by atoms with Crippen molar-refractivity contribution in [2.75, 3.05) is 23.4 Å².